The predicted molar refractivity (Wildman–Crippen MR) is 78.2 cm³/mol. The highest BCUT2D eigenvalue weighted by Gasteiger charge is 2.22. The van der Waals surface area contributed by atoms with Crippen molar-refractivity contribution in [3.8, 4) is 23.1 Å². The van der Waals surface area contributed by atoms with Crippen molar-refractivity contribution in [2.75, 3.05) is 13.0 Å². The van der Waals surface area contributed by atoms with Gasteiger partial charge in [0.2, 0.25) is 0 Å². The number of ether oxygens (including phenoxy) is 1. The van der Waals surface area contributed by atoms with Gasteiger partial charge in [0.25, 0.3) is 0 Å². The molecule has 0 amide bonds. The first-order valence-electron chi connectivity index (χ1n) is 5.77. The first-order chi connectivity index (χ1) is 9.69. The van der Waals surface area contributed by atoms with E-state index < -0.39 is 5.92 Å². The molecule has 0 spiro atoms. The zero-order valence-corrected chi connectivity index (χ0v) is 12.2. The number of methoxy groups -OCH3 is 1. The van der Waals surface area contributed by atoms with Gasteiger partial charge in [-0.3, -0.25) is 4.79 Å². The van der Waals surface area contributed by atoms with Gasteiger partial charge in [0.1, 0.15) is 10.8 Å². The molecule has 2 aromatic rings. The molecule has 0 aliphatic carbocycles. The minimum absolute atomic E-state index is 0.188. The Morgan fingerprint density at radius 2 is 2.40 bits per heavy atom. The lowest BCUT2D eigenvalue weighted by Crippen LogP contribution is -2.11. The first kappa shape index (κ1) is 14.5. The summed E-state index contributed by atoms with van der Waals surface area (Å²) in [6, 6.07) is 9.39. The van der Waals surface area contributed by atoms with Crippen molar-refractivity contribution in [2.24, 2.45) is 0 Å². The number of aromatic nitrogens is 1. The fraction of sp³-hybridized carbons (Fsp3) is 0.214. The highest BCUT2D eigenvalue weighted by Crippen LogP contribution is 2.28. The van der Waals surface area contributed by atoms with E-state index in [1.807, 2.05) is 35.7 Å². The average molecular weight is 307 g/mol. The molecule has 1 heterocycles. The van der Waals surface area contributed by atoms with Crippen molar-refractivity contribution >= 4 is 28.7 Å². The van der Waals surface area contributed by atoms with Crippen LogP contribution in [0.1, 0.15) is 10.9 Å². The third-order valence-electron chi connectivity index (χ3n) is 2.72. The second-order valence-corrected chi connectivity index (χ2v) is 5.12. The van der Waals surface area contributed by atoms with Crippen molar-refractivity contribution in [1.82, 2.24) is 4.98 Å². The number of hydrogen-bond acceptors (Lipinski definition) is 5. The van der Waals surface area contributed by atoms with Gasteiger partial charge < -0.3 is 4.74 Å². The molecule has 0 bridgehead atoms. The van der Waals surface area contributed by atoms with Gasteiger partial charge in [-0.15, -0.1) is 22.9 Å². The molecule has 4 nitrogen and oxygen atoms in total. The number of nitrogens with zero attached hydrogens (tertiary/aromatic N) is 2. The molecule has 0 aliphatic rings. The normalized spacial score (nSPS) is 11.7. The molecule has 2 rings (SSSR count). The predicted octanol–water partition coefficient (Wildman–Crippen LogP) is 3.23. The molecule has 0 fully saturated rings. The van der Waals surface area contributed by atoms with E-state index in [4.69, 9.17) is 21.6 Å². The molecule has 1 aromatic carbocycles. The van der Waals surface area contributed by atoms with E-state index in [1.165, 1.54) is 11.3 Å². The van der Waals surface area contributed by atoms with Gasteiger partial charge in [0.15, 0.2) is 11.7 Å². The summed E-state index contributed by atoms with van der Waals surface area (Å²) in [7, 11) is 1.59. The maximum Gasteiger partial charge on any atom is 0.171 e. The minimum atomic E-state index is -0.892. The third kappa shape index (κ3) is 2.98. The molecule has 1 aromatic heterocycles. The number of carbonyl (C=O) groups excluding carboxylic acids is 1. The highest BCUT2D eigenvalue weighted by molar-refractivity contribution is 7.10. The lowest BCUT2D eigenvalue weighted by Gasteiger charge is -2.02. The number of alkyl halides is 1. The van der Waals surface area contributed by atoms with Crippen LogP contribution in [-0.4, -0.2) is 23.8 Å². The number of hydrogen-bond donors (Lipinski definition) is 0. The Labute approximate surface area is 125 Å². The van der Waals surface area contributed by atoms with Gasteiger partial charge in [-0.2, -0.15) is 5.26 Å². The third-order valence-corrected chi connectivity index (χ3v) is 3.89. The van der Waals surface area contributed by atoms with Gasteiger partial charge in [0, 0.05) is 10.9 Å². The molecule has 0 saturated heterocycles. The van der Waals surface area contributed by atoms with Crippen LogP contribution in [0.25, 0.3) is 11.3 Å². The van der Waals surface area contributed by atoms with E-state index in [0.717, 1.165) is 11.3 Å². The van der Waals surface area contributed by atoms with Crippen LogP contribution in [0.5, 0.6) is 5.75 Å². The van der Waals surface area contributed by atoms with E-state index in [9.17, 15) is 4.79 Å². The largest absolute Gasteiger partial charge is 0.497 e. The second kappa shape index (κ2) is 6.51. The molecule has 20 heavy (non-hydrogen) atoms. The molecule has 0 aliphatic heterocycles. The van der Waals surface area contributed by atoms with E-state index in [0.29, 0.717) is 10.7 Å². The molecular formula is C14H11ClN2O2S. The number of thiazole rings is 1. The van der Waals surface area contributed by atoms with Crippen LogP contribution in [0.3, 0.4) is 0 Å². The summed E-state index contributed by atoms with van der Waals surface area (Å²) in [5, 5.41) is 11.3. The van der Waals surface area contributed by atoms with Crippen molar-refractivity contribution in [3.63, 3.8) is 0 Å². The monoisotopic (exact) mass is 306 g/mol. The quantitative estimate of drug-likeness (QED) is 0.796. The lowest BCUT2D eigenvalue weighted by molar-refractivity contribution is -0.117. The number of benzene rings is 1. The lowest BCUT2D eigenvalue weighted by atomic mass is 10.1. The Balaban J connectivity index is 2.33. The molecule has 1 unspecified atom stereocenters. The standard InChI is InChI=1S/C14H11ClN2O2S/c1-19-10-4-2-3-9(5-10)12-8-20-14(17-12)11(7-16)13(18)6-15/h2-5,8,11H,6H2,1H3. The first-order valence-corrected chi connectivity index (χ1v) is 7.19. The summed E-state index contributed by atoms with van der Waals surface area (Å²) >= 11 is 6.78. The van der Waals surface area contributed by atoms with Crippen LogP contribution in [0.2, 0.25) is 0 Å². The summed E-state index contributed by atoms with van der Waals surface area (Å²) in [5.41, 5.74) is 1.59. The molecule has 0 saturated carbocycles. The Morgan fingerprint density at radius 3 is 3.05 bits per heavy atom. The summed E-state index contributed by atoms with van der Waals surface area (Å²) in [5.74, 6) is -0.685. The van der Waals surface area contributed by atoms with Gasteiger partial charge in [-0.05, 0) is 12.1 Å². The molecule has 1 atom stereocenters. The Hall–Kier alpha value is -1.90. The maximum atomic E-state index is 11.6. The van der Waals surface area contributed by atoms with E-state index in [-0.39, 0.29) is 11.7 Å². The fourth-order valence-corrected chi connectivity index (χ4v) is 2.72. The van der Waals surface area contributed by atoms with E-state index >= 15 is 0 Å². The van der Waals surface area contributed by atoms with Crippen LogP contribution < -0.4 is 4.74 Å². The van der Waals surface area contributed by atoms with Crippen LogP contribution in [0.4, 0.5) is 0 Å². The van der Waals surface area contributed by atoms with Crippen LogP contribution in [0.15, 0.2) is 29.6 Å². The number of ketones is 1. The Morgan fingerprint density at radius 1 is 1.60 bits per heavy atom. The Bertz CT molecular complexity index is 663. The topological polar surface area (TPSA) is 63.0 Å². The summed E-state index contributed by atoms with van der Waals surface area (Å²) in [6.07, 6.45) is 0. The average Bonchev–Trinajstić information content (AvgIpc) is 2.97. The summed E-state index contributed by atoms with van der Waals surface area (Å²) in [4.78, 5) is 15.9. The fourth-order valence-electron chi connectivity index (χ4n) is 1.68. The molecule has 6 heteroatoms. The highest BCUT2D eigenvalue weighted by atomic mass is 35.5. The van der Waals surface area contributed by atoms with Crippen LogP contribution >= 0.6 is 22.9 Å². The SMILES string of the molecule is COc1cccc(-c2csc(C(C#N)C(=O)CCl)n2)c1. The summed E-state index contributed by atoms with van der Waals surface area (Å²) < 4.78 is 5.16. The number of rotatable bonds is 5. The van der Waals surface area contributed by atoms with Gasteiger partial charge in [0.05, 0.1) is 24.8 Å². The van der Waals surface area contributed by atoms with Crippen molar-refractivity contribution in [2.45, 2.75) is 5.92 Å². The van der Waals surface area contributed by atoms with Gasteiger partial charge in [-0.25, -0.2) is 4.98 Å². The smallest absolute Gasteiger partial charge is 0.171 e. The van der Waals surface area contributed by atoms with Crippen LogP contribution in [-0.2, 0) is 4.79 Å². The molecule has 102 valence electrons. The maximum absolute atomic E-state index is 11.6. The summed E-state index contributed by atoms with van der Waals surface area (Å²) in [6.45, 7) is 0. The second-order valence-electron chi connectivity index (χ2n) is 3.96. The van der Waals surface area contributed by atoms with Crippen molar-refractivity contribution < 1.29 is 9.53 Å². The number of halogens is 1. The van der Waals surface area contributed by atoms with Gasteiger partial charge >= 0.3 is 0 Å². The number of Topliss-reactive ketones (excluding diaryl/α,β-unsaturated/α-hetero) is 1. The molecular weight excluding hydrogens is 296 g/mol. The molecule has 0 N–H and O–H groups in total. The van der Waals surface area contributed by atoms with E-state index in [2.05, 4.69) is 4.98 Å². The Kier molecular flexibility index (Phi) is 4.72. The zero-order valence-electron chi connectivity index (χ0n) is 10.7. The molecule has 0 radical (unpaired) electrons. The van der Waals surface area contributed by atoms with Crippen molar-refractivity contribution in [3.05, 3.63) is 34.7 Å². The minimum Gasteiger partial charge on any atom is -0.497 e. The number of carbonyl (C=O) groups is 1. The van der Waals surface area contributed by atoms with Crippen LogP contribution in [0, 0.1) is 11.3 Å². The van der Waals surface area contributed by atoms with E-state index in [1.54, 1.807) is 7.11 Å². The zero-order chi connectivity index (χ0) is 14.5. The number of nitriles is 1. The van der Waals surface area contributed by atoms with Crippen molar-refractivity contribution in [1.29, 1.82) is 5.26 Å². The van der Waals surface area contributed by atoms with Gasteiger partial charge in [-0.1, -0.05) is 12.1 Å².